The van der Waals surface area contributed by atoms with Gasteiger partial charge in [-0.3, -0.25) is 9.59 Å². The van der Waals surface area contributed by atoms with Gasteiger partial charge in [0.05, 0.1) is 17.1 Å². The molecule has 9 nitrogen and oxygen atoms in total. The highest BCUT2D eigenvalue weighted by Gasteiger charge is 2.41. The van der Waals surface area contributed by atoms with Gasteiger partial charge in [-0.2, -0.15) is 0 Å². The molecular formula is C30H37N7O2. The van der Waals surface area contributed by atoms with Gasteiger partial charge in [-0.05, 0) is 70.0 Å². The zero-order chi connectivity index (χ0) is 27.4. The van der Waals surface area contributed by atoms with Crippen molar-refractivity contribution >= 4 is 23.2 Å². The SMILES string of the molecule is CCN1CCN(C(=O)c2nc(-c3ccc4c(c3)N(C3CC3)C(C)C(=O)N4C)n(-c3ccc(C)cc3C)n2)CC1. The molecule has 1 unspecified atom stereocenters. The number of piperazine rings is 1. The second-order valence-corrected chi connectivity index (χ2v) is 11.1. The maximum atomic E-state index is 13.6. The summed E-state index contributed by atoms with van der Waals surface area (Å²) in [6.07, 6.45) is 2.18. The van der Waals surface area contributed by atoms with E-state index in [2.05, 4.69) is 48.8 Å². The van der Waals surface area contributed by atoms with Crippen LogP contribution in [0.4, 0.5) is 11.4 Å². The largest absolute Gasteiger partial charge is 0.355 e. The Bertz CT molecular complexity index is 1440. The normalized spacial score (nSPS) is 20.0. The summed E-state index contributed by atoms with van der Waals surface area (Å²) in [4.78, 5) is 39.6. The van der Waals surface area contributed by atoms with Crippen LogP contribution in [0.25, 0.3) is 17.1 Å². The number of anilines is 2. The number of fused-ring (bicyclic) bond motifs is 1. The Morgan fingerprint density at radius 3 is 2.36 bits per heavy atom. The van der Waals surface area contributed by atoms with E-state index in [4.69, 9.17) is 10.1 Å². The maximum absolute atomic E-state index is 13.6. The van der Waals surface area contributed by atoms with E-state index >= 15 is 0 Å². The lowest BCUT2D eigenvalue weighted by atomic mass is 10.0. The lowest BCUT2D eigenvalue weighted by Crippen LogP contribution is -2.51. The predicted molar refractivity (Wildman–Crippen MR) is 153 cm³/mol. The molecule has 6 rings (SSSR count). The standard InChI is InChI=1S/C30H37N7O2/c1-6-34-13-15-35(16-14-34)30(39)27-31-28(37(32-27)24-11-7-19(2)17-20(24)3)22-8-12-25-26(18-22)36(23-9-10-23)21(4)29(38)33(25)5/h7-8,11-12,17-18,21,23H,6,9-10,13-16H2,1-5H3. The van der Waals surface area contributed by atoms with Gasteiger partial charge in [0.1, 0.15) is 6.04 Å². The van der Waals surface area contributed by atoms with E-state index in [0.717, 1.165) is 60.7 Å². The summed E-state index contributed by atoms with van der Waals surface area (Å²) in [5.74, 6) is 0.819. The molecule has 0 N–H and O–H groups in total. The molecule has 2 aliphatic heterocycles. The Morgan fingerprint density at radius 1 is 0.974 bits per heavy atom. The number of amides is 2. The molecule has 0 bridgehead atoms. The topological polar surface area (TPSA) is 77.8 Å². The minimum Gasteiger partial charge on any atom is -0.355 e. The lowest BCUT2D eigenvalue weighted by Gasteiger charge is -2.40. The third kappa shape index (κ3) is 4.48. The summed E-state index contributed by atoms with van der Waals surface area (Å²) in [5, 5.41) is 4.80. The zero-order valence-electron chi connectivity index (χ0n) is 23.5. The number of hydrogen-bond acceptors (Lipinski definition) is 6. The molecule has 2 amide bonds. The van der Waals surface area contributed by atoms with Gasteiger partial charge >= 0.3 is 0 Å². The molecule has 1 aromatic heterocycles. The van der Waals surface area contributed by atoms with Crippen molar-refractivity contribution in [3.63, 3.8) is 0 Å². The van der Waals surface area contributed by atoms with Gasteiger partial charge in [0.25, 0.3) is 5.91 Å². The number of aromatic nitrogens is 3. The van der Waals surface area contributed by atoms with Crippen molar-refractivity contribution < 1.29 is 9.59 Å². The van der Waals surface area contributed by atoms with E-state index in [1.54, 1.807) is 4.90 Å². The van der Waals surface area contributed by atoms with Crippen molar-refractivity contribution in [3.8, 4) is 17.1 Å². The van der Waals surface area contributed by atoms with Gasteiger partial charge in [-0.25, -0.2) is 9.67 Å². The third-order valence-electron chi connectivity index (χ3n) is 8.40. The molecule has 0 radical (unpaired) electrons. The number of benzene rings is 2. The zero-order valence-corrected chi connectivity index (χ0v) is 23.5. The van der Waals surface area contributed by atoms with Crippen LogP contribution < -0.4 is 9.80 Å². The number of hydrogen-bond donors (Lipinski definition) is 0. The third-order valence-corrected chi connectivity index (χ3v) is 8.40. The fourth-order valence-corrected chi connectivity index (χ4v) is 5.95. The second kappa shape index (κ2) is 9.79. The lowest BCUT2D eigenvalue weighted by molar-refractivity contribution is -0.119. The van der Waals surface area contributed by atoms with Gasteiger partial charge in [0.2, 0.25) is 11.7 Å². The molecule has 0 spiro atoms. The van der Waals surface area contributed by atoms with E-state index < -0.39 is 0 Å². The number of nitrogens with zero attached hydrogens (tertiary/aromatic N) is 7. The first kappa shape index (κ1) is 25.6. The summed E-state index contributed by atoms with van der Waals surface area (Å²) in [6, 6.07) is 12.5. The Morgan fingerprint density at radius 2 is 1.69 bits per heavy atom. The average Bonchev–Trinajstić information content (AvgIpc) is 3.68. The van der Waals surface area contributed by atoms with Crippen LogP contribution in [0.15, 0.2) is 36.4 Å². The van der Waals surface area contributed by atoms with E-state index in [9.17, 15) is 9.59 Å². The Balaban J connectivity index is 1.45. The summed E-state index contributed by atoms with van der Waals surface area (Å²) >= 11 is 0. The van der Waals surface area contributed by atoms with Gasteiger partial charge in [0.15, 0.2) is 5.82 Å². The van der Waals surface area contributed by atoms with E-state index in [1.165, 1.54) is 5.56 Å². The first-order chi connectivity index (χ1) is 18.8. The molecule has 1 atom stereocenters. The van der Waals surface area contributed by atoms with Crippen LogP contribution in [-0.2, 0) is 4.79 Å². The fourth-order valence-electron chi connectivity index (χ4n) is 5.95. The van der Waals surface area contributed by atoms with E-state index in [0.29, 0.717) is 25.0 Å². The fraction of sp³-hybridized carbons (Fsp3) is 0.467. The summed E-state index contributed by atoms with van der Waals surface area (Å²) < 4.78 is 1.81. The molecule has 3 heterocycles. The molecule has 1 saturated heterocycles. The number of aryl methyl sites for hydroxylation is 2. The van der Waals surface area contributed by atoms with Crippen LogP contribution in [0.5, 0.6) is 0 Å². The van der Waals surface area contributed by atoms with Gasteiger partial charge in [0, 0.05) is 44.8 Å². The van der Waals surface area contributed by atoms with Gasteiger partial charge < -0.3 is 19.6 Å². The highest BCUT2D eigenvalue weighted by Crippen LogP contribution is 2.44. The summed E-state index contributed by atoms with van der Waals surface area (Å²) in [7, 11) is 1.84. The summed E-state index contributed by atoms with van der Waals surface area (Å²) in [5.41, 5.74) is 5.93. The van der Waals surface area contributed by atoms with Crippen molar-refractivity contribution in [2.75, 3.05) is 49.6 Å². The molecule has 3 aliphatic rings. The van der Waals surface area contributed by atoms with Crippen molar-refractivity contribution in [2.24, 2.45) is 0 Å². The highest BCUT2D eigenvalue weighted by molar-refractivity contribution is 6.05. The average molecular weight is 528 g/mol. The van der Waals surface area contributed by atoms with Crippen molar-refractivity contribution in [1.29, 1.82) is 0 Å². The van der Waals surface area contributed by atoms with E-state index in [-0.39, 0.29) is 23.7 Å². The van der Waals surface area contributed by atoms with Crippen LogP contribution in [-0.4, -0.2) is 88.2 Å². The number of likely N-dealkylation sites (N-methyl/N-ethyl adjacent to an activating group) is 2. The van der Waals surface area contributed by atoms with Gasteiger partial charge in [-0.1, -0.05) is 24.6 Å². The molecule has 1 saturated carbocycles. The molecule has 2 aromatic carbocycles. The number of rotatable bonds is 5. The maximum Gasteiger partial charge on any atom is 0.293 e. The first-order valence-electron chi connectivity index (χ1n) is 14.0. The van der Waals surface area contributed by atoms with Crippen molar-refractivity contribution in [3.05, 3.63) is 53.3 Å². The second-order valence-electron chi connectivity index (χ2n) is 11.1. The van der Waals surface area contributed by atoms with Crippen molar-refractivity contribution in [1.82, 2.24) is 24.6 Å². The molecular weight excluding hydrogens is 490 g/mol. The van der Waals surface area contributed by atoms with Crippen LogP contribution in [0.3, 0.4) is 0 Å². The Labute approximate surface area is 230 Å². The Kier molecular flexibility index (Phi) is 6.41. The summed E-state index contributed by atoms with van der Waals surface area (Å²) in [6.45, 7) is 12.3. The van der Waals surface area contributed by atoms with Crippen LogP contribution >= 0.6 is 0 Å². The monoisotopic (exact) mass is 527 g/mol. The number of carbonyl (C=O) groups is 2. The van der Waals surface area contributed by atoms with Crippen LogP contribution in [0.2, 0.25) is 0 Å². The molecule has 204 valence electrons. The predicted octanol–water partition coefficient (Wildman–Crippen LogP) is 3.66. The smallest absolute Gasteiger partial charge is 0.293 e. The molecule has 9 heteroatoms. The van der Waals surface area contributed by atoms with Crippen molar-refractivity contribution in [2.45, 2.75) is 52.6 Å². The Hall–Kier alpha value is -3.72. The number of carbonyl (C=O) groups excluding carboxylic acids is 2. The van der Waals surface area contributed by atoms with E-state index in [1.807, 2.05) is 41.8 Å². The van der Waals surface area contributed by atoms with Crippen LogP contribution in [0.1, 0.15) is 48.4 Å². The minimum atomic E-state index is -0.221. The minimum absolute atomic E-state index is 0.108. The quantitative estimate of drug-likeness (QED) is 0.504. The molecule has 39 heavy (non-hydrogen) atoms. The molecule has 2 fully saturated rings. The molecule has 3 aromatic rings. The molecule has 1 aliphatic carbocycles. The highest BCUT2D eigenvalue weighted by atomic mass is 16.2. The first-order valence-corrected chi connectivity index (χ1v) is 14.0. The van der Waals surface area contributed by atoms with Gasteiger partial charge in [-0.15, -0.1) is 5.10 Å². The van der Waals surface area contributed by atoms with Crippen LogP contribution in [0, 0.1) is 13.8 Å².